The molecule has 23 heavy (non-hydrogen) atoms. The molecule has 3 rings (SSSR count). The number of nitrogens with two attached hydrogens (primary N) is 2. The van der Waals surface area contributed by atoms with Crippen LogP contribution in [0, 0.1) is 11.8 Å². The average molecular weight is 336 g/mol. The van der Waals surface area contributed by atoms with Crippen molar-refractivity contribution in [2.45, 2.75) is 48.7 Å². The number of aliphatic hydroxyl groups excluding tert-OH is 4. The minimum absolute atomic E-state index is 0.00505. The zero-order valence-electron chi connectivity index (χ0n) is 12.5. The van der Waals surface area contributed by atoms with E-state index in [4.69, 9.17) is 25.7 Å². The third-order valence-corrected chi connectivity index (χ3v) is 5.02. The third-order valence-electron chi connectivity index (χ3n) is 5.02. The molecule has 2 heterocycles. The highest BCUT2D eigenvalue weighted by atomic mass is 16.8. The van der Waals surface area contributed by atoms with Crippen molar-refractivity contribution in [3.63, 3.8) is 0 Å². The van der Waals surface area contributed by atoms with E-state index in [0.29, 0.717) is 0 Å². The van der Waals surface area contributed by atoms with Gasteiger partial charge in [-0.3, -0.25) is 0 Å². The van der Waals surface area contributed by atoms with Gasteiger partial charge in [0.2, 0.25) is 5.79 Å². The molecule has 10 nitrogen and oxygen atoms in total. The lowest BCUT2D eigenvalue weighted by molar-refractivity contribution is -0.393. The van der Waals surface area contributed by atoms with Crippen molar-refractivity contribution in [3.05, 3.63) is 0 Å². The number of fused-ring (bicyclic) bond motifs is 1. The van der Waals surface area contributed by atoms with Gasteiger partial charge in [-0.25, -0.2) is 0 Å². The Bertz CT molecular complexity index is 456. The Balaban J connectivity index is 1.73. The van der Waals surface area contributed by atoms with Crippen molar-refractivity contribution < 1.29 is 39.7 Å². The first-order valence-electron chi connectivity index (χ1n) is 7.64. The van der Waals surface area contributed by atoms with E-state index in [2.05, 4.69) is 0 Å². The van der Waals surface area contributed by atoms with Crippen LogP contribution in [0.15, 0.2) is 0 Å². The van der Waals surface area contributed by atoms with Crippen molar-refractivity contribution in [1.82, 2.24) is 0 Å². The molecule has 3 aliphatic rings. The van der Waals surface area contributed by atoms with Gasteiger partial charge in [-0.2, -0.15) is 0 Å². The summed E-state index contributed by atoms with van der Waals surface area (Å²) in [4.78, 5) is 0. The highest BCUT2D eigenvalue weighted by molar-refractivity contribution is 5.18. The molecule has 134 valence electrons. The van der Waals surface area contributed by atoms with E-state index in [0.717, 1.165) is 0 Å². The smallest absolute Gasteiger partial charge is 0.223 e. The van der Waals surface area contributed by atoms with E-state index in [1.54, 1.807) is 0 Å². The van der Waals surface area contributed by atoms with Gasteiger partial charge in [-0.05, 0) is 0 Å². The predicted octanol–water partition coefficient (Wildman–Crippen LogP) is -4.23. The summed E-state index contributed by atoms with van der Waals surface area (Å²) in [5, 5.41) is 50.0. The number of rotatable bonds is 5. The standard InChI is InChI=1S/C13H24N2O8/c14-2-5-9-10(19)12(4-16,23-13(5,9)20)22-11-7(18)1-6(17)8(3-15)21-11/h5-11,16-20H,1-4,14-15H2. The highest BCUT2D eigenvalue weighted by Crippen LogP contribution is 2.62. The molecule has 1 aliphatic carbocycles. The maximum atomic E-state index is 10.4. The van der Waals surface area contributed by atoms with Crippen molar-refractivity contribution in [2.75, 3.05) is 19.7 Å². The molecule has 0 bridgehead atoms. The van der Waals surface area contributed by atoms with Gasteiger partial charge in [-0.1, -0.05) is 0 Å². The summed E-state index contributed by atoms with van der Waals surface area (Å²) in [6.45, 7) is -0.637. The van der Waals surface area contributed by atoms with Crippen LogP contribution in [0.2, 0.25) is 0 Å². The highest BCUT2D eigenvalue weighted by Gasteiger charge is 2.80. The molecule has 2 saturated heterocycles. The van der Waals surface area contributed by atoms with E-state index >= 15 is 0 Å². The molecule has 0 spiro atoms. The molecule has 9 N–H and O–H groups in total. The van der Waals surface area contributed by atoms with Crippen LogP contribution in [-0.2, 0) is 14.2 Å². The van der Waals surface area contributed by atoms with E-state index in [-0.39, 0.29) is 19.5 Å². The first kappa shape index (κ1) is 17.4. The Morgan fingerprint density at radius 3 is 2.30 bits per heavy atom. The fourth-order valence-corrected chi connectivity index (χ4v) is 3.60. The Kier molecular flexibility index (Phi) is 4.43. The fraction of sp³-hybridized carbons (Fsp3) is 1.00. The van der Waals surface area contributed by atoms with Gasteiger partial charge in [0.1, 0.15) is 18.8 Å². The summed E-state index contributed by atoms with van der Waals surface area (Å²) in [6.07, 6.45) is -5.57. The maximum absolute atomic E-state index is 10.4. The summed E-state index contributed by atoms with van der Waals surface area (Å²) in [7, 11) is 0. The Morgan fingerprint density at radius 2 is 1.83 bits per heavy atom. The monoisotopic (exact) mass is 336 g/mol. The van der Waals surface area contributed by atoms with Gasteiger partial charge in [0.05, 0.1) is 18.1 Å². The van der Waals surface area contributed by atoms with Crippen LogP contribution in [0.4, 0.5) is 0 Å². The first-order chi connectivity index (χ1) is 10.8. The molecule has 0 aromatic carbocycles. The van der Waals surface area contributed by atoms with Gasteiger partial charge in [0, 0.05) is 25.4 Å². The SMILES string of the molecule is NCC1OC(OC2(CO)OC3(O)C(CN)C3C2O)C(O)CC1O. The lowest BCUT2D eigenvalue weighted by atomic mass is 10.0. The molecule has 2 aliphatic heterocycles. The van der Waals surface area contributed by atoms with E-state index < -0.39 is 60.7 Å². The lowest BCUT2D eigenvalue weighted by Gasteiger charge is -2.42. The van der Waals surface area contributed by atoms with Crippen molar-refractivity contribution in [2.24, 2.45) is 23.3 Å². The number of hydrogen-bond donors (Lipinski definition) is 7. The molecular formula is C13H24N2O8. The topological polar surface area (TPSA) is 181 Å². The van der Waals surface area contributed by atoms with E-state index in [1.165, 1.54) is 0 Å². The second-order valence-corrected chi connectivity index (χ2v) is 6.40. The molecule has 10 heteroatoms. The Morgan fingerprint density at radius 1 is 1.13 bits per heavy atom. The van der Waals surface area contributed by atoms with Crippen LogP contribution < -0.4 is 11.5 Å². The van der Waals surface area contributed by atoms with Crippen molar-refractivity contribution in [1.29, 1.82) is 0 Å². The number of hydrogen-bond acceptors (Lipinski definition) is 10. The largest absolute Gasteiger partial charge is 0.391 e. The predicted molar refractivity (Wildman–Crippen MR) is 73.3 cm³/mol. The van der Waals surface area contributed by atoms with Crippen molar-refractivity contribution in [3.8, 4) is 0 Å². The van der Waals surface area contributed by atoms with Gasteiger partial charge in [-0.15, -0.1) is 0 Å². The van der Waals surface area contributed by atoms with Crippen LogP contribution in [0.5, 0.6) is 0 Å². The van der Waals surface area contributed by atoms with Gasteiger partial charge in [0.15, 0.2) is 12.1 Å². The Hall–Kier alpha value is -0.400. The second-order valence-electron chi connectivity index (χ2n) is 6.40. The molecule has 3 fully saturated rings. The molecule has 0 amide bonds. The van der Waals surface area contributed by atoms with Crippen molar-refractivity contribution >= 4 is 0 Å². The Labute approximate surface area is 132 Å². The zero-order valence-corrected chi connectivity index (χ0v) is 12.5. The normalized spacial score (nSPS) is 55.7. The minimum atomic E-state index is -1.93. The summed E-state index contributed by atoms with van der Waals surface area (Å²) in [5.74, 6) is -4.73. The van der Waals surface area contributed by atoms with E-state index in [1.807, 2.05) is 0 Å². The second kappa shape index (κ2) is 5.85. The van der Waals surface area contributed by atoms with Crippen LogP contribution in [-0.4, -0.2) is 87.5 Å². The van der Waals surface area contributed by atoms with Gasteiger partial charge >= 0.3 is 0 Å². The lowest BCUT2D eigenvalue weighted by Crippen LogP contribution is -2.58. The number of aliphatic hydroxyl groups is 5. The summed E-state index contributed by atoms with van der Waals surface area (Å²) >= 11 is 0. The maximum Gasteiger partial charge on any atom is 0.223 e. The summed E-state index contributed by atoms with van der Waals surface area (Å²) < 4.78 is 16.3. The van der Waals surface area contributed by atoms with Crippen LogP contribution in [0.1, 0.15) is 6.42 Å². The molecule has 0 aromatic rings. The van der Waals surface area contributed by atoms with E-state index in [9.17, 15) is 25.5 Å². The summed E-state index contributed by atoms with van der Waals surface area (Å²) in [6, 6.07) is 0. The minimum Gasteiger partial charge on any atom is -0.391 e. The van der Waals surface area contributed by atoms with Crippen LogP contribution in [0.3, 0.4) is 0 Å². The first-order valence-corrected chi connectivity index (χ1v) is 7.64. The zero-order chi connectivity index (χ0) is 17.0. The summed E-state index contributed by atoms with van der Waals surface area (Å²) in [5.41, 5.74) is 11.0. The molecule has 9 atom stereocenters. The molecule has 9 unspecified atom stereocenters. The number of ether oxygens (including phenoxy) is 3. The molecular weight excluding hydrogens is 312 g/mol. The molecule has 0 radical (unpaired) electrons. The molecule has 0 aromatic heterocycles. The fourth-order valence-electron chi connectivity index (χ4n) is 3.60. The third kappa shape index (κ3) is 2.50. The van der Waals surface area contributed by atoms with Gasteiger partial charge < -0.3 is 51.2 Å². The molecule has 1 saturated carbocycles. The van der Waals surface area contributed by atoms with Crippen LogP contribution >= 0.6 is 0 Å². The average Bonchev–Trinajstić information content (AvgIpc) is 3.03. The van der Waals surface area contributed by atoms with Crippen LogP contribution in [0.25, 0.3) is 0 Å². The quantitative estimate of drug-likeness (QED) is 0.260. The van der Waals surface area contributed by atoms with Gasteiger partial charge in [0.25, 0.3) is 0 Å².